The van der Waals surface area contributed by atoms with Gasteiger partial charge in [-0.2, -0.15) is 4.31 Å². The SMILES string of the molecule is CC(C)(C(N)=NO)N1CCN(S(=O)(=O)C2CC2)CC1. The van der Waals surface area contributed by atoms with Crippen molar-refractivity contribution in [1.82, 2.24) is 9.21 Å². The van der Waals surface area contributed by atoms with Crippen molar-refractivity contribution < 1.29 is 13.6 Å². The van der Waals surface area contributed by atoms with E-state index in [9.17, 15) is 8.42 Å². The van der Waals surface area contributed by atoms with Gasteiger partial charge in [-0.05, 0) is 26.7 Å². The van der Waals surface area contributed by atoms with Crippen LogP contribution in [0.3, 0.4) is 0 Å². The molecule has 0 aromatic rings. The second-order valence-corrected chi connectivity index (χ2v) is 7.89. The Bertz CT molecular complexity index is 462. The van der Waals surface area contributed by atoms with Crippen LogP contribution in [0.1, 0.15) is 26.7 Å². The van der Waals surface area contributed by atoms with Crippen molar-refractivity contribution >= 4 is 15.9 Å². The number of hydrogen-bond donors (Lipinski definition) is 2. The van der Waals surface area contributed by atoms with Crippen molar-refractivity contribution in [3.8, 4) is 0 Å². The van der Waals surface area contributed by atoms with Gasteiger partial charge in [0.25, 0.3) is 0 Å². The first kappa shape index (κ1) is 14.5. The fourth-order valence-electron chi connectivity index (χ4n) is 2.36. The predicted octanol–water partition coefficient (Wildman–Crippen LogP) is -0.379. The molecule has 3 N–H and O–H groups in total. The lowest BCUT2D eigenvalue weighted by Crippen LogP contribution is -2.60. The molecule has 0 atom stereocenters. The summed E-state index contributed by atoms with van der Waals surface area (Å²) in [4.78, 5) is 2.04. The Morgan fingerprint density at radius 1 is 1.26 bits per heavy atom. The van der Waals surface area contributed by atoms with Crippen LogP contribution in [0.15, 0.2) is 5.16 Å². The lowest BCUT2D eigenvalue weighted by molar-refractivity contribution is 0.119. The van der Waals surface area contributed by atoms with Crippen LogP contribution in [-0.2, 0) is 10.0 Å². The number of nitrogens with zero attached hydrogens (tertiary/aromatic N) is 3. The molecule has 7 nitrogen and oxygen atoms in total. The molecular formula is C11H22N4O3S. The third kappa shape index (κ3) is 2.70. The summed E-state index contributed by atoms with van der Waals surface area (Å²) in [5, 5.41) is 11.7. The maximum absolute atomic E-state index is 12.1. The zero-order valence-electron chi connectivity index (χ0n) is 11.4. The number of piperazine rings is 1. The fourth-order valence-corrected chi connectivity index (χ4v) is 4.19. The first-order valence-electron chi connectivity index (χ1n) is 6.52. The standard InChI is InChI=1S/C11H22N4O3S/c1-11(2,10(12)13-16)14-5-7-15(8-6-14)19(17,18)9-3-4-9/h9,16H,3-8H2,1-2H3,(H2,12,13). The minimum absolute atomic E-state index is 0.144. The van der Waals surface area contributed by atoms with E-state index in [1.165, 1.54) is 0 Å². The molecule has 1 aliphatic carbocycles. The molecule has 8 heteroatoms. The van der Waals surface area contributed by atoms with Crippen LogP contribution in [0.5, 0.6) is 0 Å². The number of sulfonamides is 1. The molecule has 0 radical (unpaired) electrons. The van der Waals surface area contributed by atoms with Gasteiger partial charge in [0.2, 0.25) is 10.0 Å². The molecule has 0 unspecified atom stereocenters. The summed E-state index contributed by atoms with van der Waals surface area (Å²) in [6.07, 6.45) is 1.58. The van der Waals surface area contributed by atoms with E-state index in [0.29, 0.717) is 26.2 Å². The van der Waals surface area contributed by atoms with E-state index in [1.54, 1.807) is 4.31 Å². The monoisotopic (exact) mass is 290 g/mol. The van der Waals surface area contributed by atoms with E-state index in [0.717, 1.165) is 12.8 Å². The summed E-state index contributed by atoms with van der Waals surface area (Å²) in [6.45, 7) is 5.87. The van der Waals surface area contributed by atoms with Gasteiger partial charge in [0.1, 0.15) is 0 Å². The molecule has 0 amide bonds. The van der Waals surface area contributed by atoms with E-state index in [-0.39, 0.29) is 11.1 Å². The number of hydrogen-bond acceptors (Lipinski definition) is 5. The Balaban J connectivity index is 1.99. The third-order valence-electron chi connectivity index (χ3n) is 4.07. The lowest BCUT2D eigenvalue weighted by Gasteiger charge is -2.42. The summed E-state index contributed by atoms with van der Waals surface area (Å²) in [5.41, 5.74) is 5.12. The van der Waals surface area contributed by atoms with E-state index in [4.69, 9.17) is 10.9 Å². The Hall–Kier alpha value is -0.860. The molecule has 2 aliphatic rings. The van der Waals surface area contributed by atoms with Crippen molar-refractivity contribution in [2.75, 3.05) is 26.2 Å². The molecule has 2 rings (SSSR count). The van der Waals surface area contributed by atoms with Gasteiger partial charge in [-0.25, -0.2) is 8.42 Å². The normalized spacial score (nSPS) is 24.6. The highest BCUT2D eigenvalue weighted by Gasteiger charge is 2.42. The van der Waals surface area contributed by atoms with Crippen LogP contribution in [0.2, 0.25) is 0 Å². The lowest BCUT2D eigenvalue weighted by atomic mass is 10.0. The average molecular weight is 290 g/mol. The maximum atomic E-state index is 12.1. The quantitative estimate of drug-likeness (QED) is 0.318. The molecule has 0 spiro atoms. The number of rotatable bonds is 4. The maximum Gasteiger partial charge on any atom is 0.217 e. The van der Waals surface area contributed by atoms with Crippen LogP contribution in [0.4, 0.5) is 0 Å². The molecule has 2 fully saturated rings. The molecule has 1 saturated heterocycles. The second kappa shape index (κ2) is 4.92. The van der Waals surface area contributed by atoms with Crippen molar-refractivity contribution in [2.45, 2.75) is 37.5 Å². The van der Waals surface area contributed by atoms with Gasteiger partial charge in [-0.1, -0.05) is 5.16 Å². The smallest absolute Gasteiger partial charge is 0.217 e. The summed E-state index contributed by atoms with van der Waals surface area (Å²) >= 11 is 0. The molecule has 1 aliphatic heterocycles. The summed E-state index contributed by atoms with van der Waals surface area (Å²) in [6, 6.07) is 0. The van der Waals surface area contributed by atoms with Crippen LogP contribution >= 0.6 is 0 Å². The minimum atomic E-state index is -3.09. The van der Waals surface area contributed by atoms with Gasteiger partial charge in [0.15, 0.2) is 5.84 Å². The number of amidine groups is 1. The van der Waals surface area contributed by atoms with Crippen LogP contribution in [0.25, 0.3) is 0 Å². The van der Waals surface area contributed by atoms with E-state index < -0.39 is 15.6 Å². The molecule has 1 saturated carbocycles. The predicted molar refractivity (Wildman–Crippen MR) is 72.6 cm³/mol. The van der Waals surface area contributed by atoms with Crippen molar-refractivity contribution in [3.63, 3.8) is 0 Å². The summed E-state index contributed by atoms with van der Waals surface area (Å²) < 4.78 is 25.8. The largest absolute Gasteiger partial charge is 0.409 e. The number of oxime groups is 1. The Morgan fingerprint density at radius 2 is 1.79 bits per heavy atom. The van der Waals surface area contributed by atoms with Crippen molar-refractivity contribution in [2.24, 2.45) is 10.9 Å². The third-order valence-corrected chi connectivity index (χ3v) is 6.47. The highest BCUT2D eigenvalue weighted by atomic mass is 32.2. The van der Waals surface area contributed by atoms with Gasteiger partial charge < -0.3 is 10.9 Å². The molecule has 1 heterocycles. The topological polar surface area (TPSA) is 99.2 Å². The van der Waals surface area contributed by atoms with Crippen LogP contribution in [-0.4, -0.2) is 65.6 Å². The highest BCUT2D eigenvalue weighted by Crippen LogP contribution is 2.31. The molecular weight excluding hydrogens is 268 g/mol. The molecule has 0 bridgehead atoms. The summed E-state index contributed by atoms with van der Waals surface area (Å²) in [5.74, 6) is 0.144. The van der Waals surface area contributed by atoms with Crippen molar-refractivity contribution in [1.29, 1.82) is 0 Å². The first-order valence-corrected chi connectivity index (χ1v) is 8.02. The number of nitrogens with two attached hydrogens (primary N) is 1. The Kier molecular flexibility index (Phi) is 3.76. The van der Waals surface area contributed by atoms with Crippen LogP contribution in [0, 0.1) is 0 Å². The minimum Gasteiger partial charge on any atom is -0.409 e. The molecule has 0 aromatic carbocycles. The van der Waals surface area contributed by atoms with Gasteiger partial charge in [-0.15, -0.1) is 0 Å². The van der Waals surface area contributed by atoms with Gasteiger partial charge in [0, 0.05) is 26.2 Å². The Morgan fingerprint density at radius 3 is 2.21 bits per heavy atom. The van der Waals surface area contributed by atoms with Gasteiger partial charge in [0.05, 0.1) is 10.8 Å². The summed E-state index contributed by atoms with van der Waals surface area (Å²) in [7, 11) is -3.09. The van der Waals surface area contributed by atoms with E-state index in [1.807, 2.05) is 18.7 Å². The average Bonchev–Trinajstić information content (AvgIpc) is 3.22. The van der Waals surface area contributed by atoms with Crippen molar-refractivity contribution in [3.05, 3.63) is 0 Å². The first-order chi connectivity index (χ1) is 8.80. The van der Waals surface area contributed by atoms with E-state index in [2.05, 4.69) is 5.16 Å². The fraction of sp³-hybridized carbons (Fsp3) is 0.909. The zero-order valence-corrected chi connectivity index (χ0v) is 12.2. The molecule has 19 heavy (non-hydrogen) atoms. The highest BCUT2D eigenvalue weighted by molar-refractivity contribution is 7.90. The van der Waals surface area contributed by atoms with Crippen LogP contribution < -0.4 is 5.73 Å². The second-order valence-electron chi connectivity index (χ2n) is 5.67. The molecule has 110 valence electrons. The zero-order chi connectivity index (χ0) is 14.3. The van der Waals surface area contributed by atoms with Gasteiger partial charge in [-0.3, -0.25) is 4.90 Å². The molecule has 0 aromatic heterocycles. The van der Waals surface area contributed by atoms with E-state index >= 15 is 0 Å². The Labute approximate surface area is 114 Å². The van der Waals surface area contributed by atoms with Gasteiger partial charge >= 0.3 is 0 Å².